The third-order valence-corrected chi connectivity index (χ3v) is 6.39. The van der Waals surface area contributed by atoms with Gasteiger partial charge in [-0.25, -0.2) is 4.79 Å². The Bertz CT molecular complexity index is 838. The van der Waals surface area contributed by atoms with Gasteiger partial charge in [-0.15, -0.1) is 0 Å². The average molecular weight is 494 g/mol. The third-order valence-electron chi connectivity index (χ3n) is 5.71. The topological polar surface area (TPSA) is 70.2 Å². The minimum absolute atomic E-state index is 0.0934. The molecule has 31 heavy (non-hydrogen) atoms. The molecule has 3 rings (SSSR count). The summed E-state index contributed by atoms with van der Waals surface area (Å²) in [7, 11) is 1.73. The predicted octanol–water partition coefficient (Wildman–Crippen LogP) is 3.91. The van der Waals surface area contributed by atoms with Crippen molar-refractivity contribution in [2.45, 2.75) is 45.6 Å². The molecule has 0 saturated carbocycles. The first-order valence-corrected chi connectivity index (χ1v) is 11.6. The lowest BCUT2D eigenvalue weighted by atomic mass is 9.95. The van der Waals surface area contributed by atoms with Gasteiger partial charge in [0.25, 0.3) is 0 Å². The number of hydrogen-bond acceptors (Lipinski definition) is 4. The normalized spacial score (nSPS) is 21.9. The molecular weight excluding hydrogens is 462 g/mol. The van der Waals surface area contributed by atoms with E-state index in [0.29, 0.717) is 32.6 Å². The highest BCUT2D eigenvalue weighted by Crippen LogP contribution is 2.32. The van der Waals surface area contributed by atoms with E-state index in [4.69, 9.17) is 4.74 Å². The molecular formula is C23H32BrN3O4. The van der Waals surface area contributed by atoms with Crippen LogP contribution in [0.3, 0.4) is 0 Å². The van der Waals surface area contributed by atoms with Crippen LogP contribution in [0.5, 0.6) is 0 Å². The van der Waals surface area contributed by atoms with Crippen molar-refractivity contribution >= 4 is 39.5 Å². The van der Waals surface area contributed by atoms with Gasteiger partial charge in [-0.2, -0.15) is 0 Å². The second kappa shape index (κ2) is 9.59. The molecule has 2 aliphatic rings. The van der Waals surface area contributed by atoms with E-state index in [-0.39, 0.29) is 23.8 Å². The molecule has 2 heterocycles. The number of rotatable bonds is 4. The van der Waals surface area contributed by atoms with Gasteiger partial charge in [-0.05, 0) is 74.0 Å². The summed E-state index contributed by atoms with van der Waals surface area (Å²) in [4.78, 5) is 43.6. The van der Waals surface area contributed by atoms with Gasteiger partial charge < -0.3 is 19.4 Å². The molecule has 2 atom stereocenters. The fourth-order valence-electron chi connectivity index (χ4n) is 4.26. The van der Waals surface area contributed by atoms with E-state index in [1.54, 1.807) is 16.8 Å². The molecule has 7 nitrogen and oxygen atoms in total. The molecule has 0 spiro atoms. The van der Waals surface area contributed by atoms with Crippen LogP contribution in [0, 0.1) is 11.8 Å². The van der Waals surface area contributed by atoms with Gasteiger partial charge in [0, 0.05) is 37.7 Å². The number of halogens is 1. The highest BCUT2D eigenvalue weighted by molar-refractivity contribution is 9.10. The lowest BCUT2D eigenvalue weighted by Gasteiger charge is -2.36. The maximum Gasteiger partial charge on any atom is 0.410 e. The molecule has 0 aromatic heterocycles. The molecule has 3 amide bonds. The second-order valence-corrected chi connectivity index (χ2v) is 10.3. The minimum Gasteiger partial charge on any atom is -0.444 e. The van der Waals surface area contributed by atoms with E-state index < -0.39 is 11.5 Å². The molecule has 8 heteroatoms. The predicted molar refractivity (Wildman–Crippen MR) is 123 cm³/mol. The largest absolute Gasteiger partial charge is 0.444 e. The molecule has 2 unspecified atom stereocenters. The Morgan fingerprint density at radius 3 is 2.58 bits per heavy atom. The summed E-state index contributed by atoms with van der Waals surface area (Å²) in [6.07, 6.45) is 1.98. The fourth-order valence-corrected chi connectivity index (χ4v) is 4.75. The van der Waals surface area contributed by atoms with Crippen LogP contribution in [0.2, 0.25) is 0 Å². The van der Waals surface area contributed by atoms with E-state index in [9.17, 15) is 14.4 Å². The van der Waals surface area contributed by atoms with E-state index >= 15 is 0 Å². The lowest BCUT2D eigenvalue weighted by molar-refractivity contribution is -0.141. The zero-order chi connectivity index (χ0) is 22.8. The van der Waals surface area contributed by atoms with Gasteiger partial charge in [0.2, 0.25) is 11.8 Å². The van der Waals surface area contributed by atoms with Crippen LogP contribution in [-0.4, -0.2) is 66.5 Å². The molecule has 0 aliphatic carbocycles. The molecule has 170 valence electrons. The van der Waals surface area contributed by atoms with Crippen molar-refractivity contribution in [3.8, 4) is 0 Å². The molecule has 1 aromatic carbocycles. The SMILES string of the molecule is CN(CC1CCCN(C(=O)C2CCN(c3ccccc3Br)C2=O)C1)C(=O)OC(C)(C)C. The lowest BCUT2D eigenvalue weighted by Crippen LogP contribution is -2.47. The number of piperidine rings is 1. The van der Waals surface area contributed by atoms with E-state index in [1.807, 2.05) is 49.9 Å². The molecule has 2 saturated heterocycles. The number of likely N-dealkylation sites (tertiary alicyclic amines) is 1. The summed E-state index contributed by atoms with van der Waals surface area (Å²) in [5.41, 5.74) is 0.265. The molecule has 1 aromatic rings. The van der Waals surface area contributed by atoms with Gasteiger partial charge in [0.15, 0.2) is 0 Å². The standard InChI is InChI=1S/C23H32BrN3O4/c1-23(2,3)31-22(30)25(4)14-16-8-7-12-26(15-16)20(28)17-11-13-27(21(17)29)19-10-6-5-9-18(19)24/h5-6,9-10,16-17H,7-8,11-15H2,1-4H3. The Hall–Kier alpha value is -2.09. The summed E-state index contributed by atoms with van der Waals surface area (Å²) in [6.45, 7) is 7.81. The number of ether oxygens (including phenoxy) is 1. The van der Waals surface area contributed by atoms with Crippen molar-refractivity contribution in [1.82, 2.24) is 9.80 Å². The highest BCUT2D eigenvalue weighted by atomic mass is 79.9. The van der Waals surface area contributed by atoms with E-state index in [2.05, 4.69) is 15.9 Å². The number of nitrogens with zero attached hydrogens (tertiary/aromatic N) is 3. The third kappa shape index (κ3) is 5.79. The Balaban J connectivity index is 1.59. The number of benzene rings is 1. The number of amides is 3. The van der Waals surface area contributed by atoms with Crippen molar-refractivity contribution in [3.63, 3.8) is 0 Å². The maximum atomic E-state index is 13.2. The van der Waals surface area contributed by atoms with Crippen LogP contribution in [-0.2, 0) is 14.3 Å². The van der Waals surface area contributed by atoms with Crippen LogP contribution in [0.15, 0.2) is 28.7 Å². The zero-order valence-electron chi connectivity index (χ0n) is 18.8. The monoisotopic (exact) mass is 493 g/mol. The minimum atomic E-state index is -0.630. The highest BCUT2D eigenvalue weighted by Gasteiger charge is 2.41. The van der Waals surface area contributed by atoms with Gasteiger partial charge in [0.05, 0.1) is 5.69 Å². The van der Waals surface area contributed by atoms with E-state index in [0.717, 1.165) is 23.0 Å². The number of hydrogen-bond donors (Lipinski definition) is 0. The summed E-state index contributed by atoms with van der Waals surface area (Å²) in [6, 6.07) is 7.57. The summed E-state index contributed by atoms with van der Waals surface area (Å²) >= 11 is 3.50. The van der Waals surface area contributed by atoms with Gasteiger partial charge in [0.1, 0.15) is 11.5 Å². The van der Waals surface area contributed by atoms with Crippen molar-refractivity contribution in [1.29, 1.82) is 0 Å². The van der Waals surface area contributed by atoms with Gasteiger partial charge in [-0.1, -0.05) is 12.1 Å². The smallest absolute Gasteiger partial charge is 0.410 e. The number of carbonyl (C=O) groups is 3. The Kier molecular flexibility index (Phi) is 7.29. The first-order chi connectivity index (χ1) is 14.6. The summed E-state index contributed by atoms with van der Waals surface area (Å²) < 4.78 is 6.27. The summed E-state index contributed by atoms with van der Waals surface area (Å²) in [5, 5.41) is 0. The van der Waals surface area contributed by atoms with Crippen LogP contribution < -0.4 is 4.90 Å². The van der Waals surface area contributed by atoms with Crippen molar-refractivity contribution < 1.29 is 19.1 Å². The number of para-hydroxylation sites is 1. The first kappa shape index (κ1) is 23.6. The molecule has 2 fully saturated rings. The van der Waals surface area contributed by atoms with Crippen LogP contribution in [0.1, 0.15) is 40.0 Å². The molecule has 2 aliphatic heterocycles. The van der Waals surface area contributed by atoms with Crippen molar-refractivity contribution in [3.05, 3.63) is 28.7 Å². The van der Waals surface area contributed by atoms with Crippen LogP contribution in [0.4, 0.5) is 10.5 Å². The van der Waals surface area contributed by atoms with Crippen molar-refractivity contribution in [2.75, 3.05) is 38.1 Å². The zero-order valence-corrected chi connectivity index (χ0v) is 20.4. The van der Waals surface area contributed by atoms with Crippen LogP contribution in [0.25, 0.3) is 0 Å². The van der Waals surface area contributed by atoms with Gasteiger partial charge in [-0.3, -0.25) is 9.59 Å². The van der Waals surface area contributed by atoms with Gasteiger partial charge >= 0.3 is 6.09 Å². The fraction of sp³-hybridized carbons (Fsp3) is 0.609. The van der Waals surface area contributed by atoms with Crippen molar-refractivity contribution in [2.24, 2.45) is 11.8 Å². The average Bonchev–Trinajstić information content (AvgIpc) is 3.08. The number of carbonyl (C=O) groups excluding carboxylic acids is 3. The Morgan fingerprint density at radius 1 is 1.19 bits per heavy atom. The van der Waals surface area contributed by atoms with E-state index in [1.165, 1.54) is 0 Å². The first-order valence-electron chi connectivity index (χ1n) is 10.9. The Morgan fingerprint density at radius 2 is 1.90 bits per heavy atom. The Labute approximate surface area is 192 Å². The van der Waals surface area contributed by atoms with Crippen LogP contribution >= 0.6 is 15.9 Å². The number of anilines is 1. The maximum absolute atomic E-state index is 13.2. The second-order valence-electron chi connectivity index (χ2n) is 9.44. The summed E-state index contributed by atoms with van der Waals surface area (Å²) in [5.74, 6) is -0.686. The quantitative estimate of drug-likeness (QED) is 0.596. The molecule has 0 bridgehead atoms. The molecule has 0 N–H and O–H groups in total. The molecule has 0 radical (unpaired) electrons.